The van der Waals surface area contributed by atoms with E-state index < -0.39 is 9.84 Å². The molecule has 1 aromatic rings. The molecule has 2 aliphatic rings. The molecule has 0 spiro atoms. The summed E-state index contributed by atoms with van der Waals surface area (Å²) in [7, 11) is -2.97. The molecule has 2 atom stereocenters. The summed E-state index contributed by atoms with van der Waals surface area (Å²) in [4.78, 5) is 12.3. The molecule has 0 unspecified atom stereocenters. The summed E-state index contributed by atoms with van der Waals surface area (Å²) in [6, 6.07) is -0.159. The molecule has 0 radical (unpaired) electrons. The van der Waals surface area contributed by atoms with Gasteiger partial charge in [0.05, 0.1) is 35.9 Å². The van der Waals surface area contributed by atoms with Crippen LogP contribution in [0.3, 0.4) is 0 Å². The van der Waals surface area contributed by atoms with Gasteiger partial charge < -0.3 is 10.1 Å². The third-order valence-corrected chi connectivity index (χ3v) is 6.40. The zero-order valence-corrected chi connectivity index (χ0v) is 14.1. The Morgan fingerprint density at radius 1 is 1.48 bits per heavy atom. The second-order valence-electron chi connectivity index (χ2n) is 6.44. The van der Waals surface area contributed by atoms with Gasteiger partial charge in [0.15, 0.2) is 9.84 Å². The molecule has 2 aliphatic heterocycles. The van der Waals surface area contributed by atoms with Crippen LogP contribution in [0, 0.1) is 12.8 Å². The lowest BCUT2D eigenvalue weighted by Crippen LogP contribution is -2.33. The van der Waals surface area contributed by atoms with E-state index in [0.29, 0.717) is 31.1 Å². The van der Waals surface area contributed by atoms with Crippen molar-refractivity contribution in [2.24, 2.45) is 5.92 Å². The molecular formula is C15H23N3O4S. The van der Waals surface area contributed by atoms with E-state index in [0.717, 1.165) is 25.1 Å². The van der Waals surface area contributed by atoms with E-state index in [2.05, 4.69) is 10.4 Å². The predicted octanol–water partition coefficient (Wildman–Crippen LogP) is 0.708. The van der Waals surface area contributed by atoms with Gasteiger partial charge in [0.25, 0.3) is 5.91 Å². The number of ether oxygens (including phenoxy) is 1. The average molecular weight is 341 g/mol. The summed E-state index contributed by atoms with van der Waals surface area (Å²) >= 11 is 0. The van der Waals surface area contributed by atoms with Crippen LogP contribution in [0.1, 0.15) is 41.4 Å². The normalized spacial score (nSPS) is 27.0. The van der Waals surface area contributed by atoms with Gasteiger partial charge in [-0.1, -0.05) is 0 Å². The number of hydrogen-bond donors (Lipinski definition) is 1. The maximum Gasteiger partial charge on any atom is 0.254 e. The van der Waals surface area contributed by atoms with Gasteiger partial charge in [-0.25, -0.2) is 8.42 Å². The van der Waals surface area contributed by atoms with Crippen LogP contribution in [0.15, 0.2) is 6.20 Å². The summed E-state index contributed by atoms with van der Waals surface area (Å²) in [6.45, 7) is 3.91. The van der Waals surface area contributed by atoms with Gasteiger partial charge in [0, 0.05) is 18.8 Å². The van der Waals surface area contributed by atoms with Crippen LogP contribution in [0.2, 0.25) is 0 Å². The number of sulfone groups is 1. The molecule has 8 heteroatoms. The molecule has 23 heavy (non-hydrogen) atoms. The SMILES string of the molecule is Cc1c(C(=O)NC[C@H]2CCCOC2)cnn1[C@@H]1CCS(=O)(=O)C1. The Labute approximate surface area is 136 Å². The second kappa shape index (κ2) is 6.60. The van der Waals surface area contributed by atoms with E-state index >= 15 is 0 Å². The van der Waals surface area contributed by atoms with Gasteiger partial charge in [0.2, 0.25) is 0 Å². The number of nitrogens with zero attached hydrogens (tertiary/aromatic N) is 2. The molecule has 3 rings (SSSR count). The summed E-state index contributed by atoms with van der Waals surface area (Å²) in [5, 5.41) is 7.18. The van der Waals surface area contributed by atoms with Crippen LogP contribution in [0.25, 0.3) is 0 Å². The molecule has 128 valence electrons. The first-order chi connectivity index (χ1) is 11.0. The number of nitrogens with one attached hydrogen (secondary N) is 1. The molecule has 0 bridgehead atoms. The zero-order chi connectivity index (χ0) is 16.4. The number of aromatic nitrogens is 2. The topological polar surface area (TPSA) is 90.3 Å². The molecule has 0 saturated carbocycles. The van der Waals surface area contributed by atoms with Gasteiger partial charge in [-0.05, 0) is 32.1 Å². The highest BCUT2D eigenvalue weighted by Crippen LogP contribution is 2.25. The fraction of sp³-hybridized carbons (Fsp3) is 0.733. The number of amides is 1. The maximum absolute atomic E-state index is 12.3. The van der Waals surface area contributed by atoms with Crippen molar-refractivity contribution in [1.29, 1.82) is 0 Å². The molecule has 0 aromatic carbocycles. The Morgan fingerprint density at radius 2 is 2.30 bits per heavy atom. The maximum atomic E-state index is 12.3. The standard InChI is InChI=1S/C15H23N3O4S/c1-11-14(15(19)16-7-12-3-2-5-22-9-12)8-17-18(11)13-4-6-23(20,21)10-13/h8,12-13H,2-7,9-10H2,1H3,(H,16,19)/t12-,13-/m1/s1. The molecule has 7 nitrogen and oxygen atoms in total. The first kappa shape index (κ1) is 16.4. The van der Waals surface area contributed by atoms with E-state index in [1.54, 1.807) is 4.68 Å². The van der Waals surface area contributed by atoms with E-state index in [9.17, 15) is 13.2 Å². The quantitative estimate of drug-likeness (QED) is 0.871. The number of hydrogen-bond acceptors (Lipinski definition) is 5. The molecule has 1 amide bonds. The highest BCUT2D eigenvalue weighted by atomic mass is 32.2. The van der Waals surface area contributed by atoms with E-state index in [-0.39, 0.29) is 23.5 Å². The van der Waals surface area contributed by atoms with Crippen LogP contribution < -0.4 is 5.32 Å². The number of rotatable bonds is 4. The first-order valence-electron chi connectivity index (χ1n) is 8.07. The lowest BCUT2D eigenvalue weighted by Gasteiger charge is -2.22. The van der Waals surface area contributed by atoms with Gasteiger partial charge in [-0.3, -0.25) is 9.48 Å². The second-order valence-corrected chi connectivity index (χ2v) is 8.67. The molecule has 1 aromatic heterocycles. The fourth-order valence-corrected chi connectivity index (χ4v) is 4.98. The molecule has 2 fully saturated rings. The van der Waals surface area contributed by atoms with Crippen molar-refractivity contribution >= 4 is 15.7 Å². The van der Waals surface area contributed by atoms with Crippen LogP contribution in [0.5, 0.6) is 0 Å². The van der Waals surface area contributed by atoms with Crippen LogP contribution in [-0.4, -0.2) is 55.4 Å². The minimum atomic E-state index is -2.97. The van der Waals surface area contributed by atoms with Crippen molar-refractivity contribution in [1.82, 2.24) is 15.1 Å². The highest BCUT2D eigenvalue weighted by molar-refractivity contribution is 7.91. The largest absolute Gasteiger partial charge is 0.381 e. The lowest BCUT2D eigenvalue weighted by atomic mass is 10.0. The van der Waals surface area contributed by atoms with Crippen LogP contribution in [-0.2, 0) is 14.6 Å². The Kier molecular flexibility index (Phi) is 4.72. The summed E-state index contributed by atoms with van der Waals surface area (Å²) in [5.41, 5.74) is 1.25. The minimum Gasteiger partial charge on any atom is -0.381 e. The van der Waals surface area contributed by atoms with Crippen molar-refractivity contribution in [3.05, 3.63) is 17.5 Å². The van der Waals surface area contributed by atoms with Gasteiger partial charge in [-0.15, -0.1) is 0 Å². The van der Waals surface area contributed by atoms with Crippen molar-refractivity contribution in [3.8, 4) is 0 Å². The Morgan fingerprint density at radius 3 is 2.96 bits per heavy atom. The van der Waals surface area contributed by atoms with Crippen molar-refractivity contribution in [3.63, 3.8) is 0 Å². The van der Waals surface area contributed by atoms with Crippen molar-refractivity contribution < 1.29 is 17.9 Å². The van der Waals surface area contributed by atoms with Crippen LogP contribution >= 0.6 is 0 Å². The molecule has 2 saturated heterocycles. The van der Waals surface area contributed by atoms with E-state index in [1.807, 2.05) is 6.92 Å². The predicted molar refractivity (Wildman–Crippen MR) is 85.1 cm³/mol. The number of carbonyl (C=O) groups is 1. The highest BCUT2D eigenvalue weighted by Gasteiger charge is 2.31. The van der Waals surface area contributed by atoms with Crippen molar-refractivity contribution in [2.45, 2.75) is 32.2 Å². The third kappa shape index (κ3) is 3.74. The number of carbonyl (C=O) groups excluding carboxylic acids is 1. The molecular weight excluding hydrogens is 318 g/mol. The van der Waals surface area contributed by atoms with Crippen molar-refractivity contribution in [2.75, 3.05) is 31.3 Å². The average Bonchev–Trinajstić information content (AvgIpc) is 3.08. The van der Waals surface area contributed by atoms with E-state index in [1.165, 1.54) is 6.20 Å². The zero-order valence-electron chi connectivity index (χ0n) is 13.3. The Bertz CT molecular complexity index is 677. The minimum absolute atomic E-state index is 0.107. The fourth-order valence-electron chi connectivity index (χ4n) is 3.28. The smallest absolute Gasteiger partial charge is 0.254 e. The van der Waals surface area contributed by atoms with E-state index in [4.69, 9.17) is 4.74 Å². The molecule has 0 aliphatic carbocycles. The van der Waals surface area contributed by atoms with Gasteiger partial charge in [-0.2, -0.15) is 5.10 Å². The third-order valence-electron chi connectivity index (χ3n) is 4.65. The van der Waals surface area contributed by atoms with Gasteiger partial charge >= 0.3 is 0 Å². The summed E-state index contributed by atoms with van der Waals surface area (Å²) < 4.78 is 30.3. The monoisotopic (exact) mass is 341 g/mol. The summed E-state index contributed by atoms with van der Waals surface area (Å²) in [6.07, 6.45) is 4.20. The molecule has 3 heterocycles. The Balaban J connectivity index is 1.63. The first-order valence-corrected chi connectivity index (χ1v) is 9.89. The lowest BCUT2D eigenvalue weighted by molar-refractivity contribution is 0.0536. The van der Waals surface area contributed by atoms with Crippen LogP contribution in [0.4, 0.5) is 0 Å². The molecule has 1 N–H and O–H groups in total. The Hall–Kier alpha value is -1.41. The van der Waals surface area contributed by atoms with Gasteiger partial charge in [0.1, 0.15) is 0 Å². The summed E-state index contributed by atoms with van der Waals surface area (Å²) in [5.74, 6) is 0.513.